The lowest BCUT2D eigenvalue weighted by Crippen LogP contribution is -2.31. The van der Waals surface area contributed by atoms with E-state index in [9.17, 15) is 9.18 Å². The van der Waals surface area contributed by atoms with Crippen LogP contribution in [0.1, 0.15) is 17.3 Å². The number of nitrogens with zero attached hydrogens (tertiary/aromatic N) is 2. The largest absolute Gasteiger partial charge is 0.494 e. The van der Waals surface area contributed by atoms with E-state index in [0.717, 1.165) is 11.4 Å². The van der Waals surface area contributed by atoms with Crippen molar-refractivity contribution in [2.75, 3.05) is 23.1 Å². The van der Waals surface area contributed by atoms with Gasteiger partial charge in [-0.1, -0.05) is 12.1 Å². The Kier molecular flexibility index (Phi) is 5.85. The number of nitrogen functional groups attached to an aromatic ring is 1. The van der Waals surface area contributed by atoms with E-state index in [1.807, 2.05) is 31.2 Å². The molecule has 1 heterocycles. The Hall–Kier alpha value is -3.88. The van der Waals surface area contributed by atoms with E-state index < -0.39 is 11.7 Å². The maximum Gasteiger partial charge on any atom is 0.272 e. The molecule has 0 spiro atoms. The monoisotopic (exact) mass is 382 g/mol. The van der Waals surface area contributed by atoms with Crippen LogP contribution in [0.2, 0.25) is 0 Å². The Labute approximate surface area is 160 Å². The smallest absolute Gasteiger partial charge is 0.272 e. The fraction of sp³-hybridized carbons (Fsp3) is 0.105. The van der Waals surface area contributed by atoms with Crippen LogP contribution in [-0.2, 0) is 0 Å². The van der Waals surface area contributed by atoms with E-state index in [-0.39, 0.29) is 17.1 Å². The summed E-state index contributed by atoms with van der Waals surface area (Å²) in [5, 5.41) is 3.07. The highest BCUT2D eigenvalue weighted by Crippen LogP contribution is 2.26. The fourth-order valence-electron chi connectivity index (χ4n) is 2.36. The number of carbonyl (C=O) groups excluding carboxylic acids is 1. The normalized spacial score (nSPS) is 10.2. The first kappa shape index (κ1) is 18.9. The zero-order valence-corrected chi connectivity index (χ0v) is 15.1. The van der Waals surface area contributed by atoms with Crippen molar-refractivity contribution in [3.8, 4) is 5.75 Å². The predicted molar refractivity (Wildman–Crippen MR) is 105 cm³/mol. The second-order valence-electron chi connectivity index (χ2n) is 5.63. The number of halogens is 1. The molecule has 9 heteroatoms. The molecule has 28 heavy (non-hydrogen) atoms. The summed E-state index contributed by atoms with van der Waals surface area (Å²) in [4.78, 5) is 20.2. The van der Waals surface area contributed by atoms with Crippen LogP contribution in [-0.4, -0.2) is 22.5 Å². The van der Waals surface area contributed by atoms with Crippen molar-refractivity contribution >= 4 is 28.9 Å². The Morgan fingerprint density at radius 3 is 2.54 bits per heavy atom. The highest BCUT2D eigenvalue weighted by atomic mass is 19.1. The average Bonchev–Trinajstić information content (AvgIpc) is 2.70. The molecule has 0 unspecified atom stereocenters. The van der Waals surface area contributed by atoms with Gasteiger partial charge >= 0.3 is 0 Å². The summed E-state index contributed by atoms with van der Waals surface area (Å²) in [6.07, 6.45) is 1.28. The van der Waals surface area contributed by atoms with Crippen molar-refractivity contribution in [3.63, 3.8) is 0 Å². The van der Waals surface area contributed by atoms with Crippen LogP contribution in [0, 0.1) is 5.82 Å². The highest BCUT2D eigenvalue weighted by molar-refractivity contribution is 5.95. The van der Waals surface area contributed by atoms with Crippen molar-refractivity contribution in [2.45, 2.75) is 6.92 Å². The number of benzene rings is 2. The first-order valence-electron chi connectivity index (χ1n) is 8.49. The molecule has 1 amide bonds. The van der Waals surface area contributed by atoms with Crippen molar-refractivity contribution in [1.29, 1.82) is 0 Å². The van der Waals surface area contributed by atoms with Gasteiger partial charge in [-0.15, -0.1) is 0 Å². The number of amides is 1. The van der Waals surface area contributed by atoms with Gasteiger partial charge in [0.25, 0.3) is 5.91 Å². The van der Waals surface area contributed by atoms with E-state index in [1.54, 1.807) is 6.07 Å². The van der Waals surface area contributed by atoms with Gasteiger partial charge in [0, 0.05) is 5.69 Å². The minimum atomic E-state index is -0.655. The molecule has 2 aromatic carbocycles. The molecular formula is C19H19FN6O2. The van der Waals surface area contributed by atoms with Gasteiger partial charge < -0.3 is 15.8 Å². The molecule has 8 nitrogen and oxygen atoms in total. The van der Waals surface area contributed by atoms with E-state index in [0.29, 0.717) is 12.4 Å². The van der Waals surface area contributed by atoms with Crippen molar-refractivity contribution < 1.29 is 13.9 Å². The number of rotatable bonds is 7. The van der Waals surface area contributed by atoms with Crippen LogP contribution >= 0.6 is 0 Å². The van der Waals surface area contributed by atoms with E-state index in [4.69, 9.17) is 10.5 Å². The predicted octanol–water partition coefficient (Wildman–Crippen LogP) is 3.10. The molecule has 0 saturated heterocycles. The number of aromatic nitrogens is 2. The van der Waals surface area contributed by atoms with Crippen LogP contribution < -0.4 is 26.6 Å². The average molecular weight is 382 g/mol. The number of anilines is 4. The van der Waals surface area contributed by atoms with E-state index in [1.165, 1.54) is 24.5 Å². The lowest BCUT2D eigenvalue weighted by molar-refractivity contribution is 0.0958. The van der Waals surface area contributed by atoms with Gasteiger partial charge in [0.15, 0.2) is 11.6 Å². The lowest BCUT2D eigenvalue weighted by Gasteiger charge is -2.13. The summed E-state index contributed by atoms with van der Waals surface area (Å²) >= 11 is 0. The molecule has 0 aliphatic heterocycles. The third-order valence-electron chi connectivity index (χ3n) is 3.72. The zero-order chi connectivity index (χ0) is 19.9. The minimum absolute atomic E-state index is 0.102. The van der Waals surface area contributed by atoms with Gasteiger partial charge in [-0.2, -0.15) is 0 Å². The molecule has 0 radical (unpaired) electrons. The second-order valence-corrected chi connectivity index (χ2v) is 5.63. The molecule has 1 aromatic heterocycles. The standard InChI is InChI=1S/C19H19FN6O2/c1-2-28-13-9-7-12(8-10-13)24-17-16(21)18(23-11-22-17)25-26-19(27)14-5-3-4-6-15(14)20/h3-11H,2,21H2,1H3,(H,26,27)(H2,22,23,24,25). The van der Waals surface area contributed by atoms with Crippen LogP contribution in [0.4, 0.5) is 27.4 Å². The molecule has 144 valence electrons. The molecule has 0 bridgehead atoms. The number of nitrogens with one attached hydrogen (secondary N) is 3. The quantitative estimate of drug-likeness (QED) is 0.464. The maximum absolute atomic E-state index is 13.7. The Bertz CT molecular complexity index is 965. The summed E-state index contributed by atoms with van der Waals surface area (Å²) < 4.78 is 19.1. The molecule has 0 atom stereocenters. The van der Waals surface area contributed by atoms with Gasteiger partial charge in [0.05, 0.1) is 12.2 Å². The summed E-state index contributed by atoms with van der Waals surface area (Å²) in [7, 11) is 0. The Morgan fingerprint density at radius 2 is 1.82 bits per heavy atom. The maximum atomic E-state index is 13.7. The lowest BCUT2D eigenvalue weighted by atomic mass is 10.2. The van der Waals surface area contributed by atoms with Crippen LogP contribution in [0.3, 0.4) is 0 Å². The number of hydrogen-bond acceptors (Lipinski definition) is 7. The second kappa shape index (κ2) is 8.67. The molecule has 0 saturated carbocycles. The molecule has 5 N–H and O–H groups in total. The van der Waals surface area contributed by atoms with Gasteiger partial charge in [-0.3, -0.25) is 15.6 Å². The van der Waals surface area contributed by atoms with Gasteiger partial charge in [0.1, 0.15) is 23.6 Å². The minimum Gasteiger partial charge on any atom is -0.494 e. The van der Waals surface area contributed by atoms with Crippen LogP contribution in [0.15, 0.2) is 54.9 Å². The third-order valence-corrected chi connectivity index (χ3v) is 3.72. The summed E-state index contributed by atoms with van der Waals surface area (Å²) in [5.74, 6) is -0.00991. The number of ether oxygens (including phenoxy) is 1. The Balaban J connectivity index is 1.69. The zero-order valence-electron chi connectivity index (χ0n) is 15.1. The first-order valence-corrected chi connectivity index (χ1v) is 8.49. The third kappa shape index (κ3) is 4.44. The number of carbonyl (C=O) groups is 1. The summed E-state index contributed by atoms with van der Waals surface area (Å²) in [6, 6.07) is 12.9. The fourth-order valence-corrected chi connectivity index (χ4v) is 2.36. The van der Waals surface area contributed by atoms with Gasteiger partial charge in [-0.25, -0.2) is 14.4 Å². The molecule has 3 aromatic rings. The number of hydrogen-bond donors (Lipinski definition) is 4. The summed E-state index contributed by atoms with van der Waals surface area (Å²) in [5.41, 5.74) is 11.8. The molecular weight excluding hydrogens is 363 g/mol. The highest BCUT2D eigenvalue weighted by Gasteiger charge is 2.13. The summed E-state index contributed by atoms with van der Waals surface area (Å²) in [6.45, 7) is 2.49. The van der Waals surface area contributed by atoms with Crippen LogP contribution in [0.5, 0.6) is 5.75 Å². The number of hydrazine groups is 1. The van der Waals surface area contributed by atoms with Crippen molar-refractivity contribution in [1.82, 2.24) is 15.4 Å². The molecule has 0 fully saturated rings. The Morgan fingerprint density at radius 1 is 1.11 bits per heavy atom. The molecule has 0 aliphatic rings. The molecule has 3 rings (SSSR count). The van der Waals surface area contributed by atoms with E-state index >= 15 is 0 Å². The van der Waals surface area contributed by atoms with Crippen molar-refractivity contribution in [3.05, 3.63) is 66.2 Å². The van der Waals surface area contributed by atoms with Gasteiger partial charge in [0.2, 0.25) is 0 Å². The first-order chi connectivity index (χ1) is 13.6. The van der Waals surface area contributed by atoms with Crippen LogP contribution in [0.25, 0.3) is 0 Å². The van der Waals surface area contributed by atoms with Crippen molar-refractivity contribution in [2.24, 2.45) is 0 Å². The molecule has 0 aliphatic carbocycles. The van der Waals surface area contributed by atoms with E-state index in [2.05, 4.69) is 26.1 Å². The van der Waals surface area contributed by atoms with Gasteiger partial charge in [-0.05, 0) is 43.3 Å². The SMILES string of the molecule is CCOc1ccc(Nc2ncnc(NNC(=O)c3ccccc3F)c2N)cc1. The number of nitrogens with two attached hydrogens (primary N) is 1. The topological polar surface area (TPSA) is 114 Å².